The summed E-state index contributed by atoms with van der Waals surface area (Å²) >= 11 is 0. The van der Waals surface area contributed by atoms with Gasteiger partial charge in [-0.3, -0.25) is 0 Å². The molecule has 0 N–H and O–H groups in total. The predicted octanol–water partition coefficient (Wildman–Crippen LogP) is 10.6. The van der Waals surface area contributed by atoms with Gasteiger partial charge in [0.05, 0.1) is 16.8 Å². The van der Waals surface area contributed by atoms with Crippen LogP contribution in [0.5, 0.6) is 0 Å². The van der Waals surface area contributed by atoms with Gasteiger partial charge >= 0.3 is 0 Å². The largest absolute Gasteiger partial charge is 0.228 e. The van der Waals surface area contributed by atoms with Gasteiger partial charge in [-0.2, -0.15) is 0 Å². The standard InChI is InChI=1S/C49H36N2Si/c1-52(2)46-23-13-11-21-41(46)49(42-22-12-14-24-47(42)52)40-20-10-9-19-38(40)39-30-29-37(31-43(39)49)45-32-44(50-48(51-45)36-17-7-4-8-18-36)35-27-25-34(26-28-35)33-15-5-3-6-16-33/h3-32H,1-2H3. The Kier molecular flexibility index (Phi) is 6.89. The Labute approximate surface area is 306 Å². The van der Waals surface area contributed by atoms with E-state index in [0.29, 0.717) is 0 Å². The minimum absolute atomic E-state index is 0.428. The molecule has 8 aromatic rings. The molecule has 10 rings (SSSR count). The van der Waals surface area contributed by atoms with Crippen molar-refractivity contribution in [3.63, 3.8) is 0 Å². The number of aromatic nitrogens is 2. The lowest BCUT2D eigenvalue weighted by Gasteiger charge is -2.46. The predicted molar refractivity (Wildman–Crippen MR) is 218 cm³/mol. The van der Waals surface area contributed by atoms with E-state index in [4.69, 9.17) is 9.97 Å². The van der Waals surface area contributed by atoms with Crippen LogP contribution in [0.25, 0.3) is 56.2 Å². The van der Waals surface area contributed by atoms with E-state index in [9.17, 15) is 0 Å². The molecule has 0 unspecified atom stereocenters. The Balaban J connectivity index is 1.20. The molecule has 2 nitrogen and oxygen atoms in total. The minimum Gasteiger partial charge on any atom is -0.228 e. The molecule has 7 aromatic carbocycles. The first-order valence-corrected chi connectivity index (χ1v) is 21.1. The molecule has 1 aliphatic carbocycles. The van der Waals surface area contributed by atoms with Crippen molar-refractivity contribution in [1.82, 2.24) is 9.97 Å². The van der Waals surface area contributed by atoms with E-state index in [2.05, 4.69) is 189 Å². The molecule has 0 saturated carbocycles. The lowest BCUT2D eigenvalue weighted by atomic mass is 9.67. The Morgan fingerprint density at radius 3 is 1.48 bits per heavy atom. The Morgan fingerprint density at radius 2 is 0.827 bits per heavy atom. The molecule has 246 valence electrons. The van der Waals surface area contributed by atoms with Crippen LogP contribution in [0.3, 0.4) is 0 Å². The van der Waals surface area contributed by atoms with Gasteiger partial charge in [0.15, 0.2) is 5.82 Å². The van der Waals surface area contributed by atoms with Crippen LogP contribution in [0.15, 0.2) is 182 Å². The fourth-order valence-corrected chi connectivity index (χ4v) is 12.1. The van der Waals surface area contributed by atoms with Gasteiger partial charge in [0.2, 0.25) is 0 Å². The number of nitrogens with zero attached hydrogens (tertiary/aromatic N) is 2. The number of benzene rings is 7. The molecule has 0 atom stereocenters. The van der Waals surface area contributed by atoms with Gasteiger partial charge in [-0.15, -0.1) is 0 Å². The second-order valence-corrected chi connectivity index (χ2v) is 18.9. The van der Waals surface area contributed by atoms with Crippen LogP contribution >= 0.6 is 0 Å². The van der Waals surface area contributed by atoms with Crippen molar-refractivity contribution in [1.29, 1.82) is 0 Å². The maximum atomic E-state index is 5.28. The fourth-order valence-electron chi connectivity index (χ4n) is 8.94. The third-order valence-electron chi connectivity index (χ3n) is 11.4. The van der Waals surface area contributed by atoms with Crippen LogP contribution in [-0.4, -0.2) is 18.0 Å². The molecular formula is C49H36N2Si. The van der Waals surface area contributed by atoms with Crippen LogP contribution < -0.4 is 10.4 Å². The molecule has 0 fully saturated rings. The summed E-state index contributed by atoms with van der Waals surface area (Å²) in [6.07, 6.45) is 0. The zero-order valence-corrected chi connectivity index (χ0v) is 30.2. The molecule has 0 amide bonds. The van der Waals surface area contributed by atoms with E-state index < -0.39 is 13.5 Å². The summed E-state index contributed by atoms with van der Waals surface area (Å²) in [5.74, 6) is 0.722. The number of hydrogen-bond donors (Lipinski definition) is 0. The molecule has 3 heteroatoms. The number of fused-ring (bicyclic) bond motifs is 9. The molecule has 0 radical (unpaired) electrons. The molecule has 1 spiro atoms. The first-order valence-electron chi connectivity index (χ1n) is 18.1. The van der Waals surface area contributed by atoms with Gasteiger partial charge in [0, 0.05) is 16.7 Å². The van der Waals surface area contributed by atoms with Gasteiger partial charge in [0.1, 0.15) is 8.07 Å². The van der Waals surface area contributed by atoms with E-state index in [-0.39, 0.29) is 0 Å². The average Bonchev–Trinajstić information content (AvgIpc) is 3.51. The van der Waals surface area contributed by atoms with E-state index in [1.54, 1.807) is 0 Å². The van der Waals surface area contributed by atoms with Gasteiger partial charge < -0.3 is 0 Å². The Morgan fingerprint density at radius 1 is 0.365 bits per heavy atom. The highest BCUT2D eigenvalue weighted by molar-refractivity contribution is 7.01. The summed E-state index contributed by atoms with van der Waals surface area (Å²) in [5.41, 5.74) is 15.0. The average molecular weight is 681 g/mol. The summed E-state index contributed by atoms with van der Waals surface area (Å²) in [7, 11) is -1.98. The smallest absolute Gasteiger partial charge is 0.160 e. The lowest BCUT2D eigenvalue weighted by Crippen LogP contribution is -2.63. The molecule has 1 aliphatic heterocycles. The van der Waals surface area contributed by atoms with Crippen LogP contribution in [0.2, 0.25) is 13.1 Å². The molecule has 1 aromatic heterocycles. The van der Waals surface area contributed by atoms with Crippen LogP contribution in [0.4, 0.5) is 0 Å². The zero-order valence-electron chi connectivity index (χ0n) is 29.2. The third-order valence-corrected chi connectivity index (χ3v) is 15.0. The summed E-state index contributed by atoms with van der Waals surface area (Å²) < 4.78 is 0. The minimum atomic E-state index is -1.98. The highest BCUT2D eigenvalue weighted by Crippen LogP contribution is 2.57. The van der Waals surface area contributed by atoms with Gasteiger partial charge in [-0.05, 0) is 67.0 Å². The van der Waals surface area contributed by atoms with Gasteiger partial charge in [-0.25, -0.2) is 9.97 Å². The summed E-state index contributed by atoms with van der Waals surface area (Å²) in [4.78, 5) is 10.4. The third kappa shape index (κ3) is 4.49. The van der Waals surface area contributed by atoms with Crippen LogP contribution in [-0.2, 0) is 5.41 Å². The molecule has 52 heavy (non-hydrogen) atoms. The second-order valence-electron chi connectivity index (χ2n) is 14.5. The van der Waals surface area contributed by atoms with Crippen LogP contribution in [0, 0.1) is 0 Å². The topological polar surface area (TPSA) is 25.8 Å². The maximum Gasteiger partial charge on any atom is 0.160 e. The van der Waals surface area contributed by atoms with Crippen molar-refractivity contribution in [2.45, 2.75) is 18.5 Å². The van der Waals surface area contributed by atoms with E-state index in [0.717, 1.165) is 33.9 Å². The number of hydrogen-bond acceptors (Lipinski definition) is 2. The normalized spacial score (nSPS) is 14.3. The first kappa shape index (κ1) is 30.6. The molecule has 2 aliphatic rings. The van der Waals surface area contributed by atoms with Crippen molar-refractivity contribution < 1.29 is 0 Å². The SMILES string of the molecule is C[Si]1(C)c2ccccc2C2(c3ccccc3-c3ccc(-c4cc(-c5ccc(-c6ccccc6)cc5)nc(-c5ccccc5)n4)cc32)c2ccccc21. The van der Waals surface area contributed by atoms with Crippen molar-refractivity contribution in [3.05, 3.63) is 204 Å². The molecule has 2 heterocycles. The monoisotopic (exact) mass is 680 g/mol. The van der Waals surface area contributed by atoms with Gasteiger partial charge in [-0.1, -0.05) is 183 Å². The molecule has 0 bridgehead atoms. The Hall–Kier alpha value is -6.16. The highest BCUT2D eigenvalue weighted by Gasteiger charge is 2.53. The van der Waals surface area contributed by atoms with E-state index in [1.807, 2.05) is 6.07 Å². The van der Waals surface area contributed by atoms with Crippen molar-refractivity contribution in [3.8, 4) is 56.2 Å². The zero-order chi connectivity index (χ0) is 34.9. The Bertz CT molecular complexity index is 2590. The number of rotatable bonds is 4. The second kappa shape index (κ2) is 11.7. The van der Waals surface area contributed by atoms with Crippen molar-refractivity contribution in [2.24, 2.45) is 0 Å². The first-order chi connectivity index (χ1) is 25.5. The van der Waals surface area contributed by atoms with Crippen molar-refractivity contribution in [2.75, 3.05) is 0 Å². The maximum absolute atomic E-state index is 5.28. The van der Waals surface area contributed by atoms with Gasteiger partial charge in [0.25, 0.3) is 0 Å². The summed E-state index contributed by atoms with van der Waals surface area (Å²) in [6.45, 7) is 5.02. The summed E-state index contributed by atoms with van der Waals surface area (Å²) in [6, 6.07) is 66.3. The van der Waals surface area contributed by atoms with Crippen molar-refractivity contribution >= 4 is 18.4 Å². The molecular weight excluding hydrogens is 645 g/mol. The summed E-state index contributed by atoms with van der Waals surface area (Å²) in [5, 5.41) is 3.02. The van der Waals surface area contributed by atoms with E-state index in [1.165, 1.54) is 54.9 Å². The van der Waals surface area contributed by atoms with E-state index >= 15 is 0 Å². The molecule has 0 saturated heterocycles. The lowest BCUT2D eigenvalue weighted by molar-refractivity contribution is 0.773. The quantitative estimate of drug-likeness (QED) is 0.173. The fraction of sp³-hybridized carbons (Fsp3) is 0.0612. The highest BCUT2D eigenvalue weighted by atomic mass is 28.3. The van der Waals surface area contributed by atoms with Crippen LogP contribution in [0.1, 0.15) is 22.3 Å².